The molecule has 5 nitrogen and oxygen atoms in total. The van der Waals surface area contributed by atoms with E-state index in [1.807, 2.05) is 0 Å². The fraction of sp³-hybridized carbons (Fsp3) is 0.417. The predicted molar refractivity (Wildman–Crippen MR) is 71.1 cm³/mol. The van der Waals surface area contributed by atoms with E-state index in [-0.39, 0.29) is 12.2 Å². The summed E-state index contributed by atoms with van der Waals surface area (Å²) in [5, 5.41) is 18.9. The number of carbonyl (C=O) groups is 1. The summed E-state index contributed by atoms with van der Waals surface area (Å²) in [5.74, 6) is -0.822. The van der Waals surface area contributed by atoms with E-state index in [4.69, 9.17) is 15.6 Å². The van der Waals surface area contributed by atoms with Crippen LogP contribution in [0.1, 0.15) is 16.7 Å². The van der Waals surface area contributed by atoms with Gasteiger partial charge in [0.25, 0.3) is 0 Å². The van der Waals surface area contributed by atoms with Crippen molar-refractivity contribution >= 4 is 21.9 Å². The van der Waals surface area contributed by atoms with Crippen molar-refractivity contribution in [1.29, 1.82) is 0 Å². The number of aromatic hydroxyl groups is 1. The van der Waals surface area contributed by atoms with Crippen molar-refractivity contribution in [3.8, 4) is 11.5 Å². The van der Waals surface area contributed by atoms with Crippen LogP contribution < -0.4 is 10.5 Å². The molecule has 100 valence electrons. The minimum absolute atomic E-state index is 0.0439. The standard InChI is InChI=1S/C12H16BrNO4/c1-5-7(4-8(14)12(16)17)10(15)11(18-3)6(2)9(5)13/h8,15H,4,14H2,1-3H3,(H,16,17). The van der Waals surface area contributed by atoms with Crippen molar-refractivity contribution in [2.75, 3.05) is 7.11 Å². The zero-order valence-electron chi connectivity index (χ0n) is 10.5. The monoisotopic (exact) mass is 317 g/mol. The molecule has 4 N–H and O–H groups in total. The maximum atomic E-state index is 10.8. The van der Waals surface area contributed by atoms with E-state index in [0.29, 0.717) is 11.3 Å². The number of rotatable bonds is 4. The Morgan fingerprint density at radius 1 is 1.44 bits per heavy atom. The Morgan fingerprint density at radius 3 is 2.44 bits per heavy atom. The van der Waals surface area contributed by atoms with E-state index in [1.165, 1.54) is 7.11 Å². The molecule has 0 amide bonds. The molecule has 0 fully saturated rings. The van der Waals surface area contributed by atoms with Crippen molar-refractivity contribution in [1.82, 2.24) is 0 Å². The molecular formula is C12H16BrNO4. The van der Waals surface area contributed by atoms with Crippen LogP contribution >= 0.6 is 15.9 Å². The molecule has 6 heteroatoms. The molecular weight excluding hydrogens is 302 g/mol. The SMILES string of the molecule is COc1c(C)c(Br)c(C)c(CC(N)C(=O)O)c1O. The largest absolute Gasteiger partial charge is 0.504 e. The van der Waals surface area contributed by atoms with Gasteiger partial charge in [-0.1, -0.05) is 15.9 Å². The van der Waals surface area contributed by atoms with Crippen LogP contribution in [0.2, 0.25) is 0 Å². The molecule has 0 aliphatic heterocycles. The molecule has 0 spiro atoms. The number of halogens is 1. The highest BCUT2D eigenvalue weighted by atomic mass is 79.9. The van der Waals surface area contributed by atoms with Crippen molar-refractivity contribution in [2.24, 2.45) is 5.73 Å². The lowest BCUT2D eigenvalue weighted by Gasteiger charge is -2.18. The summed E-state index contributed by atoms with van der Waals surface area (Å²) in [5.41, 5.74) is 7.51. The lowest BCUT2D eigenvalue weighted by atomic mass is 9.97. The number of phenols is 1. The highest BCUT2D eigenvalue weighted by Gasteiger charge is 2.22. The Bertz CT molecular complexity index is 488. The number of benzene rings is 1. The maximum Gasteiger partial charge on any atom is 0.320 e. The number of carboxylic acids is 1. The van der Waals surface area contributed by atoms with E-state index in [0.717, 1.165) is 15.6 Å². The van der Waals surface area contributed by atoms with E-state index in [2.05, 4.69) is 15.9 Å². The van der Waals surface area contributed by atoms with Gasteiger partial charge in [0, 0.05) is 22.0 Å². The number of phenolic OH excluding ortho intramolecular Hbond substituents is 1. The third-order valence-corrected chi connectivity index (χ3v) is 4.09. The molecule has 0 aliphatic rings. The second kappa shape index (κ2) is 5.58. The second-order valence-electron chi connectivity index (χ2n) is 4.07. The number of methoxy groups -OCH3 is 1. The van der Waals surface area contributed by atoms with Crippen molar-refractivity contribution < 1.29 is 19.7 Å². The molecule has 0 aromatic heterocycles. The van der Waals surface area contributed by atoms with Gasteiger partial charge in [0.15, 0.2) is 11.5 Å². The summed E-state index contributed by atoms with van der Waals surface area (Å²) in [7, 11) is 1.45. The summed E-state index contributed by atoms with van der Waals surface area (Å²) in [6, 6.07) is -1.06. The number of carboxylic acid groups (broad SMARTS) is 1. The minimum Gasteiger partial charge on any atom is -0.504 e. The van der Waals surface area contributed by atoms with E-state index in [1.54, 1.807) is 13.8 Å². The first-order chi connectivity index (χ1) is 8.31. The molecule has 1 aromatic carbocycles. The zero-order valence-corrected chi connectivity index (χ0v) is 12.0. The van der Waals surface area contributed by atoms with E-state index in [9.17, 15) is 9.90 Å². The van der Waals surface area contributed by atoms with E-state index >= 15 is 0 Å². The molecule has 1 atom stereocenters. The molecule has 0 saturated carbocycles. The smallest absolute Gasteiger partial charge is 0.320 e. The first kappa shape index (κ1) is 14.8. The molecule has 0 radical (unpaired) electrons. The highest BCUT2D eigenvalue weighted by Crippen LogP contribution is 2.41. The van der Waals surface area contributed by atoms with Crippen LogP contribution in [-0.2, 0) is 11.2 Å². The van der Waals surface area contributed by atoms with Crippen LogP contribution in [0.15, 0.2) is 4.47 Å². The molecule has 1 rings (SSSR count). The van der Waals surface area contributed by atoms with Gasteiger partial charge < -0.3 is 20.7 Å². The van der Waals surface area contributed by atoms with Gasteiger partial charge in [0.1, 0.15) is 6.04 Å². The first-order valence-electron chi connectivity index (χ1n) is 5.34. The van der Waals surface area contributed by atoms with Gasteiger partial charge >= 0.3 is 5.97 Å². The average molecular weight is 318 g/mol. The predicted octanol–water partition coefficient (Wildman–Crippen LogP) is 1.73. The highest BCUT2D eigenvalue weighted by molar-refractivity contribution is 9.10. The van der Waals surface area contributed by atoms with Gasteiger partial charge in [0.2, 0.25) is 0 Å². The second-order valence-corrected chi connectivity index (χ2v) is 4.87. The number of ether oxygens (including phenoxy) is 1. The Balaban J connectivity index is 3.35. The van der Waals surface area contributed by atoms with Crippen LogP contribution in [0.3, 0.4) is 0 Å². The molecule has 0 aliphatic carbocycles. The molecule has 1 aromatic rings. The van der Waals surface area contributed by atoms with Crippen molar-refractivity contribution in [3.63, 3.8) is 0 Å². The maximum absolute atomic E-state index is 10.8. The van der Waals surface area contributed by atoms with Gasteiger partial charge in [-0.2, -0.15) is 0 Å². The average Bonchev–Trinajstić information content (AvgIpc) is 2.32. The van der Waals surface area contributed by atoms with Crippen LogP contribution in [0.25, 0.3) is 0 Å². The van der Waals surface area contributed by atoms with Gasteiger partial charge in [-0.15, -0.1) is 0 Å². The summed E-state index contributed by atoms with van der Waals surface area (Å²) in [6.45, 7) is 3.59. The Kier molecular flexibility index (Phi) is 4.59. The Labute approximate surface area is 114 Å². The summed E-state index contributed by atoms with van der Waals surface area (Å²) in [4.78, 5) is 10.8. The van der Waals surface area contributed by atoms with Crippen LogP contribution in [-0.4, -0.2) is 29.3 Å². The van der Waals surface area contributed by atoms with Crippen LogP contribution in [0.4, 0.5) is 0 Å². The Hall–Kier alpha value is -1.27. The molecule has 1 unspecified atom stereocenters. The Morgan fingerprint density at radius 2 is 2.00 bits per heavy atom. The third-order valence-electron chi connectivity index (χ3n) is 2.90. The van der Waals surface area contributed by atoms with Gasteiger partial charge in [-0.05, 0) is 19.4 Å². The lowest BCUT2D eigenvalue weighted by molar-refractivity contribution is -0.138. The topological polar surface area (TPSA) is 92.8 Å². The van der Waals surface area contributed by atoms with Crippen molar-refractivity contribution in [2.45, 2.75) is 26.3 Å². The lowest BCUT2D eigenvalue weighted by Crippen LogP contribution is -2.32. The van der Waals surface area contributed by atoms with Crippen LogP contribution in [0.5, 0.6) is 11.5 Å². The third kappa shape index (κ3) is 2.59. The normalized spacial score (nSPS) is 12.3. The zero-order chi connectivity index (χ0) is 14.0. The summed E-state index contributed by atoms with van der Waals surface area (Å²) < 4.78 is 5.91. The molecule has 0 heterocycles. The number of hydrogen-bond donors (Lipinski definition) is 3. The number of nitrogens with two attached hydrogens (primary N) is 1. The molecule has 0 bridgehead atoms. The number of aliphatic carboxylic acids is 1. The van der Waals surface area contributed by atoms with Crippen LogP contribution in [0, 0.1) is 13.8 Å². The molecule has 18 heavy (non-hydrogen) atoms. The van der Waals surface area contributed by atoms with Gasteiger partial charge in [-0.25, -0.2) is 0 Å². The quantitative estimate of drug-likeness (QED) is 0.786. The van der Waals surface area contributed by atoms with Gasteiger partial charge in [-0.3, -0.25) is 4.79 Å². The molecule has 0 saturated heterocycles. The van der Waals surface area contributed by atoms with Gasteiger partial charge in [0.05, 0.1) is 7.11 Å². The fourth-order valence-corrected chi connectivity index (χ4v) is 2.23. The number of hydrogen-bond acceptors (Lipinski definition) is 4. The first-order valence-corrected chi connectivity index (χ1v) is 6.13. The van der Waals surface area contributed by atoms with E-state index < -0.39 is 12.0 Å². The minimum atomic E-state index is -1.11. The fourth-order valence-electron chi connectivity index (χ4n) is 1.81. The van der Waals surface area contributed by atoms with Crippen molar-refractivity contribution in [3.05, 3.63) is 21.2 Å². The summed E-state index contributed by atoms with van der Waals surface area (Å²) in [6.07, 6.45) is 0.0439. The summed E-state index contributed by atoms with van der Waals surface area (Å²) >= 11 is 3.40.